The summed E-state index contributed by atoms with van der Waals surface area (Å²) in [6.07, 6.45) is 1.69. The third-order valence-corrected chi connectivity index (χ3v) is 13.4. The second-order valence-corrected chi connectivity index (χ2v) is 18.9. The van der Waals surface area contributed by atoms with E-state index in [1.54, 1.807) is 34.8 Å². The van der Waals surface area contributed by atoms with E-state index >= 15 is 4.11 Å². The number of hydrogen-bond acceptors (Lipinski definition) is 6. The van der Waals surface area contributed by atoms with Gasteiger partial charge in [0.1, 0.15) is 0 Å². The lowest BCUT2D eigenvalue weighted by atomic mass is 9.82. The summed E-state index contributed by atoms with van der Waals surface area (Å²) in [5.74, 6) is -1.22. The first-order valence-corrected chi connectivity index (χ1v) is 21.2. The molecule has 2 N–H and O–H groups in total. The topological polar surface area (TPSA) is 110 Å². The minimum absolute atomic E-state index is 0.113. The van der Waals surface area contributed by atoms with E-state index in [-0.39, 0.29) is 30.9 Å². The predicted molar refractivity (Wildman–Crippen MR) is 204 cm³/mol. The fourth-order valence-corrected chi connectivity index (χ4v) is 11.0. The van der Waals surface area contributed by atoms with Gasteiger partial charge < -0.3 is 24.2 Å². The maximum Gasteiger partial charge on any atom is 0.264 e. The van der Waals surface area contributed by atoms with Crippen molar-refractivity contribution in [3.8, 4) is 0 Å². The number of nitrogens with one attached hydrogen (secondary N) is 1. The molecule has 52 heavy (non-hydrogen) atoms. The highest BCUT2D eigenvalue weighted by atomic mass is 79.9. The van der Waals surface area contributed by atoms with Crippen molar-refractivity contribution in [2.45, 2.75) is 62.7 Å². The van der Waals surface area contributed by atoms with Gasteiger partial charge in [-0.3, -0.25) is 14.3 Å². The third-order valence-electron chi connectivity index (χ3n) is 10.4. The minimum Gasteiger partial charge on any atom is -0.395 e. The summed E-state index contributed by atoms with van der Waals surface area (Å²) < 4.78 is 25.9. The number of ether oxygens (including phenoxy) is 1. The van der Waals surface area contributed by atoms with Crippen LogP contribution in [0.1, 0.15) is 52.0 Å². The van der Waals surface area contributed by atoms with Gasteiger partial charge in [-0.15, -0.1) is 5.10 Å². The van der Waals surface area contributed by atoms with Crippen LogP contribution in [-0.2, 0) is 28.2 Å². The summed E-state index contributed by atoms with van der Waals surface area (Å²) in [5, 5.41) is 21.8. The highest BCUT2D eigenvalue weighted by Crippen LogP contribution is 2.60. The Morgan fingerprint density at radius 1 is 1.04 bits per heavy atom. The molecule has 1 aromatic heterocycles. The van der Waals surface area contributed by atoms with Crippen molar-refractivity contribution in [1.82, 2.24) is 15.0 Å². The average molecular weight is 783 g/mol. The Morgan fingerprint density at radius 2 is 1.77 bits per heavy atom. The van der Waals surface area contributed by atoms with Gasteiger partial charge in [0.25, 0.3) is 11.8 Å². The van der Waals surface area contributed by atoms with Crippen molar-refractivity contribution in [3.63, 3.8) is 0 Å². The van der Waals surface area contributed by atoms with E-state index in [2.05, 4.69) is 31.6 Å². The molecule has 9 nitrogen and oxygen atoms in total. The highest BCUT2D eigenvalue weighted by molar-refractivity contribution is 9.10. The van der Waals surface area contributed by atoms with Crippen molar-refractivity contribution >= 4 is 47.5 Å². The summed E-state index contributed by atoms with van der Waals surface area (Å²) in [5.41, 5.74) is 3.15. The molecule has 3 heterocycles. The molecule has 5 atom stereocenters. The molecule has 1 unspecified atom stereocenters. The number of rotatable bonds is 11. The summed E-state index contributed by atoms with van der Waals surface area (Å²) >= 11 is 3.61. The zero-order valence-corrected chi connectivity index (χ0v) is 31.8. The zero-order chi connectivity index (χ0) is 36.6. The summed E-state index contributed by atoms with van der Waals surface area (Å²) in [7, 11) is -3.38. The summed E-state index contributed by atoms with van der Waals surface area (Å²) in [4.78, 5) is 29.5. The monoisotopic (exact) mass is 781 g/mol. The number of benzene rings is 4. The number of carbonyl (C=O) groups excluding carboxylic acids is 2. The molecule has 0 aliphatic carbocycles. The first-order chi connectivity index (χ1) is 25.0. The maximum absolute atomic E-state index is 16.4. The van der Waals surface area contributed by atoms with Gasteiger partial charge in [-0.2, -0.15) is 0 Å². The number of aryl methyl sites for hydroxylation is 1. The molecule has 7 rings (SSSR count). The zero-order valence-electron chi connectivity index (χ0n) is 29.2. The first kappa shape index (κ1) is 35.9. The van der Waals surface area contributed by atoms with Crippen LogP contribution >= 0.6 is 15.9 Å². The van der Waals surface area contributed by atoms with Crippen LogP contribution in [-0.4, -0.2) is 53.0 Å². The number of anilines is 2. The number of aliphatic hydroxyl groups excluding tert-OH is 1. The van der Waals surface area contributed by atoms with Crippen molar-refractivity contribution < 1.29 is 23.5 Å². The molecule has 1 saturated heterocycles. The van der Waals surface area contributed by atoms with Crippen LogP contribution in [0.15, 0.2) is 114 Å². The van der Waals surface area contributed by atoms with Gasteiger partial charge >= 0.3 is 0 Å². The SMILES string of the molecule is C[C@H]1[C@H]([Si](C)(C)F)[C@@H](CCn2cc(C(CO)c3ccccc3)nn2)O[C@]12C(=O)N(Cc1cccc(NC(=O)c3ccccc3)c1)c1ccc(Br)cc12. The molecule has 4 aromatic carbocycles. The van der Waals surface area contributed by atoms with Gasteiger partial charge in [-0.1, -0.05) is 88.7 Å². The highest BCUT2D eigenvalue weighted by Gasteiger charge is 2.66. The molecule has 12 heteroatoms. The standard InChI is InChI=1S/C40H41BrFN5O4Si/c1-26-37(52(2,3)42)36(19-20-46-24-34(44-45-46)32(25-48)28-12-6-4-7-13-28)51-40(26)33-22-30(41)17-18-35(33)47(39(40)50)23-27-11-10-16-31(21-27)43-38(49)29-14-8-5-9-15-29/h4-18,21-22,24,26,32,36-37,48H,19-20,23,25H2,1-3H3,(H,43,49)/t26-,32?,36+,37-,40+/m0/s1. The molecule has 2 aliphatic heterocycles. The molecule has 1 fully saturated rings. The van der Waals surface area contributed by atoms with E-state index in [4.69, 9.17) is 4.74 Å². The van der Waals surface area contributed by atoms with Gasteiger partial charge in [0, 0.05) is 45.5 Å². The second kappa shape index (κ2) is 14.5. The van der Waals surface area contributed by atoms with Crippen molar-refractivity contribution in [2.75, 3.05) is 16.8 Å². The molecule has 268 valence electrons. The van der Waals surface area contributed by atoms with Gasteiger partial charge in [-0.05, 0) is 73.1 Å². The molecule has 1 spiro atoms. The normalized spacial score (nSPS) is 21.8. The summed E-state index contributed by atoms with van der Waals surface area (Å²) in [6, 6.07) is 31.8. The van der Waals surface area contributed by atoms with E-state index in [1.807, 2.05) is 104 Å². The van der Waals surface area contributed by atoms with Crippen LogP contribution in [0.25, 0.3) is 0 Å². The minimum atomic E-state index is -3.38. The third kappa shape index (κ3) is 6.76. The first-order valence-electron chi connectivity index (χ1n) is 17.5. The lowest BCUT2D eigenvalue weighted by Crippen LogP contribution is -2.45. The molecular weight excluding hydrogens is 741 g/mol. The van der Waals surface area contributed by atoms with Crippen LogP contribution in [0.4, 0.5) is 15.5 Å². The van der Waals surface area contributed by atoms with Crippen LogP contribution < -0.4 is 10.2 Å². The van der Waals surface area contributed by atoms with Crippen molar-refractivity contribution in [3.05, 3.63) is 142 Å². The van der Waals surface area contributed by atoms with E-state index in [0.717, 1.165) is 21.2 Å². The number of aliphatic hydroxyl groups is 1. The van der Waals surface area contributed by atoms with E-state index in [9.17, 15) is 14.7 Å². The molecule has 0 bridgehead atoms. The number of aromatic nitrogens is 3. The average Bonchev–Trinajstić information content (AvgIpc) is 3.79. The molecule has 5 aromatic rings. The number of nitrogens with zero attached hydrogens (tertiary/aromatic N) is 4. The van der Waals surface area contributed by atoms with Crippen LogP contribution in [0.3, 0.4) is 0 Å². The number of halogens is 2. The molecule has 0 radical (unpaired) electrons. The smallest absolute Gasteiger partial charge is 0.264 e. The lowest BCUT2D eigenvalue weighted by molar-refractivity contribution is -0.146. The number of carbonyl (C=O) groups is 2. The van der Waals surface area contributed by atoms with Crippen molar-refractivity contribution in [2.24, 2.45) is 5.92 Å². The fourth-order valence-electron chi connectivity index (χ4n) is 8.07. The van der Waals surface area contributed by atoms with Gasteiger partial charge in [-0.25, -0.2) is 0 Å². The number of hydrogen-bond donors (Lipinski definition) is 2. The Labute approximate surface area is 312 Å². The van der Waals surface area contributed by atoms with E-state index < -0.39 is 31.6 Å². The maximum atomic E-state index is 16.4. The van der Waals surface area contributed by atoms with E-state index in [1.165, 1.54) is 0 Å². The molecule has 2 aliphatic rings. The van der Waals surface area contributed by atoms with E-state index in [0.29, 0.717) is 35.6 Å². The van der Waals surface area contributed by atoms with Gasteiger partial charge in [0.05, 0.1) is 36.6 Å². The molecule has 0 saturated carbocycles. The predicted octanol–water partition coefficient (Wildman–Crippen LogP) is 7.83. The van der Waals surface area contributed by atoms with Crippen LogP contribution in [0, 0.1) is 5.92 Å². The second-order valence-electron chi connectivity index (χ2n) is 14.2. The Bertz CT molecular complexity index is 2080. The Balaban J connectivity index is 1.15. The number of fused-ring (bicyclic) bond motifs is 2. The van der Waals surface area contributed by atoms with Crippen LogP contribution in [0.5, 0.6) is 0 Å². The molecule has 2 amide bonds. The lowest BCUT2D eigenvalue weighted by Gasteiger charge is -2.31. The van der Waals surface area contributed by atoms with Gasteiger partial charge in [0.2, 0.25) is 8.41 Å². The van der Waals surface area contributed by atoms with Crippen LogP contribution in [0.2, 0.25) is 18.6 Å². The van der Waals surface area contributed by atoms with Crippen molar-refractivity contribution in [1.29, 1.82) is 0 Å². The molecular formula is C40H41BrFN5O4Si. The van der Waals surface area contributed by atoms with Gasteiger partial charge in [0.15, 0.2) is 5.60 Å². The Morgan fingerprint density at radius 3 is 2.48 bits per heavy atom. The largest absolute Gasteiger partial charge is 0.395 e. The Hall–Kier alpha value is -4.49. The summed E-state index contributed by atoms with van der Waals surface area (Å²) in [6.45, 7) is 5.86. The fraction of sp³-hybridized carbons (Fsp3) is 0.300. The Kier molecular flexibility index (Phi) is 10.0. The quantitative estimate of drug-likeness (QED) is 0.105. The number of amides is 2.